The Morgan fingerprint density at radius 2 is 1.89 bits per heavy atom. The molecule has 2 aliphatic rings. The Balaban J connectivity index is 1.40. The number of benzene rings is 1. The van der Waals surface area contributed by atoms with Crippen LogP contribution in [0.15, 0.2) is 40.8 Å². The van der Waals surface area contributed by atoms with Gasteiger partial charge in [-0.1, -0.05) is 31.2 Å². The first-order valence-corrected chi connectivity index (χ1v) is 14.3. The van der Waals surface area contributed by atoms with E-state index in [0.29, 0.717) is 46.7 Å². The number of nitrogens with two attached hydrogens (primary N) is 1. The van der Waals surface area contributed by atoms with Crippen LogP contribution in [0.25, 0.3) is 11.5 Å². The first-order chi connectivity index (χ1) is 17.1. The van der Waals surface area contributed by atoms with Crippen molar-refractivity contribution in [3.8, 4) is 11.5 Å². The van der Waals surface area contributed by atoms with Crippen molar-refractivity contribution >= 4 is 21.7 Å². The fraction of sp³-hybridized carbons (Fsp3) is 0.500. The van der Waals surface area contributed by atoms with Crippen molar-refractivity contribution in [2.45, 2.75) is 44.6 Å². The smallest absolute Gasteiger partial charge is 0.248 e. The molecule has 0 aliphatic heterocycles. The summed E-state index contributed by atoms with van der Waals surface area (Å²) in [4.78, 5) is 6.67. The highest BCUT2D eigenvalue weighted by Gasteiger charge is 2.34. The Labute approximate surface area is 212 Å². The molecule has 2 heterocycles. The van der Waals surface area contributed by atoms with Crippen LogP contribution >= 0.6 is 0 Å². The quantitative estimate of drug-likeness (QED) is 0.462. The molecule has 0 saturated heterocycles. The number of pyridine rings is 1. The van der Waals surface area contributed by atoms with Crippen LogP contribution in [0.2, 0.25) is 0 Å². The molecule has 9 nitrogen and oxygen atoms in total. The van der Waals surface area contributed by atoms with E-state index < -0.39 is 10.0 Å². The van der Waals surface area contributed by atoms with Crippen LogP contribution in [0.5, 0.6) is 0 Å². The summed E-state index contributed by atoms with van der Waals surface area (Å²) < 4.78 is 31.7. The fourth-order valence-electron chi connectivity index (χ4n) is 5.05. The Hall–Kier alpha value is -2.98. The van der Waals surface area contributed by atoms with Gasteiger partial charge in [0.25, 0.3) is 0 Å². The Morgan fingerprint density at radius 1 is 1.17 bits per heavy atom. The zero-order valence-corrected chi connectivity index (χ0v) is 22.1. The minimum Gasteiger partial charge on any atom is -0.419 e. The summed E-state index contributed by atoms with van der Waals surface area (Å²) in [6.07, 6.45) is 5.20. The molecule has 1 fully saturated rings. The van der Waals surface area contributed by atoms with Gasteiger partial charge in [0.15, 0.2) is 0 Å². The maximum absolute atomic E-state index is 12.2. The molecule has 5 rings (SSSR count). The van der Waals surface area contributed by atoms with Crippen molar-refractivity contribution in [3.63, 3.8) is 0 Å². The zero-order chi connectivity index (χ0) is 25.6. The van der Waals surface area contributed by atoms with E-state index in [1.807, 2.05) is 13.1 Å². The lowest BCUT2D eigenvalue weighted by molar-refractivity contribution is 0.420. The van der Waals surface area contributed by atoms with Crippen molar-refractivity contribution < 1.29 is 12.8 Å². The van der Waals surface area contributed by atoms with Gasteiger partial charge in [0, 0.05) is 26.2 Å². The summed E-state index contributed by atoms with van der Waals surface area (Å²) in [7, 11) is -0.0401. The van der Waals surface area contributed by atoms with Crippen molar-refractivity contribution in [1.82, 2.24) is 15.2 Å². The fourth-order valence-corrected chi connectivity index (χ4v) is 5.48. The number of aromatic nitrogens is 3. The predicted molar refractivity (Wildman–Crippen MR) is 140 cm³/mol. The zero-order valence-electron chi connectivity index (χ0n) is 21.3. The van der Waals surface area contributed by atoms with Gasteiger partial charge in [-0.2, -0.15) is 0 Å². The molecule has 10 heteroatoms. The standard InChI is InChI=1S/C26H34N6O3S/c1-16-11-20(16)15-31(2)23-13-19(14-24(28-23)32(3)36(4,33)34)25-29-30-26(35-25)22(27)12-18-10-9-17-7-5-6-8-21(17)18/h5-8,13-14,16,18,20,22H,9-12,15,27H2,1-4H3. The number of sulfonamides is 1. The highest BCUT2D eigenvalue weighted by Crippen LogP contribution is 2.40. The molecule has 4 unspecified atom stereocenters. The molecular weight excluding hydrogens is 476 g/mol. The van der Waals surface area contributed by atoms with Crippen molar-refractivity contribution in [1.29, 1.82) is 0 Å². The average molecular weight is 511 g/mol. The van der Waals surface area contributed by atoms with E-state index in [1.54, 1.807) is 6.07 Å². The van der Waals surface area contributed by atoms with Crippen LogP contribution in [-0.2, 0) is 16.4 Å². The predicted octanol–water partition coefficient (Wildman–Crippen LogP) is 3.74. The van der Waals surface area contributed by atoms with Gasteiger partial charge >= 0.3 is 0 Å². The maximum atomic E-state index is 12.2. The molecule has 2 N–H and O–H groups in total. The molecule has 192 valence electrons. The van der Waals surface area contributed by atoms with Gasteiger partial charge in [0.05, 0.1) is 12.3 Å². The summed E-state index contributed by atoms with van der Waals surface area (Å²) >= 11 is 0. The number of hydrogen-bond donors (Lipinski definition) is 1. The van der Waals surface area contributed by atoms with Crippen molar-refractivity contribution in [2.75, 3.05) is 36.1 Å². The highest BCUT2D eigenvalue weighted by atomic mass is 32.2. The van der Waals surface area contributed by atoms with Gasteiger partial charge in [-0.05, 0) is 66.7 Å². The van der Waals surface area contributed by atoms with E-state index in [2.05, 4.69) is 51.3 Å². The lowest BCUT2D eigenvalue weighted by atomic mass is 9.94. The van der Waals surface area contributed by atoms with Crippen molar-refractivity contribution in [3.05, 3.63) is 53.4 Å². The normalized spacial score (nSPS) is 21.8. The number of rotatable bonds is 9. The summed E-state index contributed by atoms with van der Waals surface area (Å²) in [5.41, 5.74) is 9.86. The van der Waals surface area contributed by atoms with E-state index in [9.17, 15) is 8.42 Å². The molecule has 3 aromatic rings. The lowest BCUT2D eigenvalue weighted by Crippen LogP contribution is -2.27. The largest absolute Gasteiger partial charge is 0.419 e. The van der Waals surface area contributed by atoms with Crippen LogP contribution < -0.4 is 14.9 Å². The lowest BCUT2D eigenvalue weighted by Gasteiger charge is -2.22. The Bertz CT molecular complexity index is 1360. The molecule has 2 aromatic heterocycles. The third-order valence-electron chi connectivity index (χ3n) is 7.59. The summed E-state index contributed by atoms with van der Waals surface area (Å²) in [5.74, 6) is 3.31. The number of anilines is 2. The Kier molecular flexibility index (Phi) is 6.50. The van der Waals surface area contributed by atoms with E-state index in [-0.39, 0.29) is 6.04 Å². The first kappa shape index (κ1) is 24.7. The summed E-state index contributed by atoms with van der Waals surface area (Å²) in [6.45, 7) is 3.08. The van der Waals surface area contributed by atoms with Gasteiger partial charge in [-0.15, -0.1) is 10.2 Å². The van der Waals surface area contributed by atoms with Crippen LogP contribution in [0.4, 0.5) is 11.6 Å². The number of aryl methyl sites for hydroxylation is 1. The third-order valence-corrected chi connectivity index (χ3v) is 8.78. The van der Waals surface area contributed by atoms with Crippen LogP contribution in [-0.4, -0.2) is 50.5 Å². The topological polar surface area (TPSA) is 118 Å². The van der Waals surface area contributed by atoms with E-state index in [1.165, 1.54) is 24.6 Å². The molecule has 1 saturated carbocycles. The van der Waals surface area contributed by atoms with Crippen LogP contribution in [0.1, 0.15) is 55.2 Å². The van der Waals surface area contributed by atoms with Gasteiger partial charge in [-0.3, -0.25) is 4.31 Å². The van der Waals surface area contributed by atoms with Gasteiger partial charge in [-0.25, -0.2) is 13.4 Å². The van der Waals surface area contributed by atoms with E-state index >= 15 is 0 Å². The molecule has 1 aromatic carbocycles. The SMILES string of the molecule is CC1CC1CN(C)c1cc(-c2nnc(C(N)CC3CCc4ccccc43)o2)cc(N(C)S(C)(=O)=O)n1. The molecule has 0 amide bonds. The Morgan fingerprint density at radius 3 is 2.61 bits per heavy atom. The van der Waals surface area contributed by atoms with Crippen LogP contribution in [0.3, 0.4) is 0 Å². The maximum Gasteiger partial charge on any atom is 0.248 e. The van der Waals surface area contributed by atoms with Gasteiger partial charge in [0.1, 0.15) is 11.6 Å². The monoisotopic (exact) mass is 510 g/mol. The number of nitrogens with zero attached hydrogens (tertiary/aromatic N) is 5. The molecule has 0 bridgehead atoms. The molecule has 2 aliphatic carbocycles. The summed E-state index contributed by atoms with van der Waals surface area (Å²) in [5, 5.41) is 8.51. The minimum absolute atomic E-state index is 0.298. The highest BCUT2D eigenvalue weighted by molar-refractivity contribution is 7.92. The first-order valence-electron chi connectivity index (χ1n) is 12.4. The van der Waals surface area contributed by atoms with E-state index in [4.69, 9.17) is 10.2 Å². The molecule has 0 spiro atoms. The molecule has 0 radical (unpaired) electrons. The average Bonchev–Trinajstić information content (AvgIpc) is 3.23. The van der Waals surface area contributed by atoms with Crippen molar-refractivity contribution in [2.24, 2.45) is 17.6 Å². The van der Waals surface area contributed by atoms with Crippen LogP contribution in [0, 0.1) is 11.8 Å². The third kappa shape index (κ3) is 5.10. The number of hydrogen-bond acceptors (Lipinski definition) is 8. The number of fused-ring (bicyclic) bond motifs is 1. The second-order valence-electron chi connectivity index (χ2n) is 10.4. The van der Waals surface area contributed by atoms with E-state index in [0.717, 1.165) is 36.4 Å². The summed E-state index contributed by atoms with van der Waals surface area (Å²) in [6, 6.07) is 11.6. The van der Waals surface area contributed by atoms with Gasteiger partial charge in [0.2, 0.25) is 21.8 Å². The second-order valence-corrected chi connectivity index (χ2v) is 12.4. The molecule has 36 heavy (non-hydrogen) atoms. The van der Waals surface area contributed by atoms with Gasteiger partial charge < -0.3 is 15.1 Å². The minimum atomic E-state index is -3.50. The molecule has 4 atom stereocenters. The molecular formula is C26H34N6O3S. The second kappa shape index (κ2) is 9.48.